The van der Waals surface area contributed by atoms with Gasteiger partial charge in [0, 0.05) is 5.56 Å². The van der Waals surface area contributed by atoms with Crippen LogP contribution in [-0.4, -0.2) is 31.5 Å². The maximum atomic E-state index is 11.9. The molecule has 0 spiro atoms. The van der Waals surface area contributed by atoms with Crippen molar-refractivity contribution >= 4 is 41.0 Å². The number of ether oxygens (including phenoxy) is 2. The first kappa shape index (κ1) is 18.8. The van der Waals surface area contributed by atoms with Crippen molar-refractivity contribution in [1.29, 1.82) is 0 Å². The van der Waals surface area contributed by atoms with Crippen molar-refractivity contribution in [3.63, 3.8) is 0 Å². The second-order valence-corrected chi connectivity index (χ2v) is 5.54. The Hall–Kier alpha value is -2.51. The van der Waals surface area contributed by atoms with Crippen LogP contribution in [0.1, 0.15) is 26.7 Å². The van der Waals surface area contributed by atoms with Crippen LogP contribution in [0.4, 0.5) is 0 Å². The third-order valence-electron chi connectivity index (χ3n) is 3.00. The number of nitrogens with one attached hydrogen (secondary N) is 1. The van der Waals surface area contributed by atoms with Crippen LogP contribution in [0.3, 0.4) is 0 Å². The van der Waals surface area contributed by atoms with Crippen molar-refractivity contribution in [1.82, 2.24) is 5.32 Å². The van der Waals surface area contributed by atoms with E-state index < -0.39 is 17.8 Å². The average Bonchev–Trinajstić information content (AvgIpc) is 3.08. The third-order valence-corrected chi connectivity index (χ3v) is 3.74. The zero-order valence-electron chi connectivity index (χ0n) is 13.0. The van der Waals surface area contributed by atoms with Gasteiger partial charge in [-0.1, -0.05) is 23.2 Å². The molecule has 0 saturated heterocycles. The van der Waals surface area contributed by atoms with Crippen LogP contribution in [0.25, 0.3) is 0 Å². The minimum atomic E-state index is -0.676. The van der Waals surface area contributed by atoms with Crippen molar-refractivity contribution in [3.05, 3.63) is 57.5 Å². The summed E-state index contributed by atoms with van der Waals surface area (Å²) in [5, 5.41) is 2.95. The molecule has 0 aliphatic carbocycles. The molecule has 0 unspecified atom stereocenters. The number of carbonyl (C=O) groups excluding carboxylic acids is 3. The predicted molar refractivity (Wildman–Crippen MR) is 88.6 cm³/mol. The second kappa shape index (κ2) is 8.55. The molecule has 0 aliphatic heterocycles. The van der Waals surface area contributed by atoms with Crippen LogP contribution in [0.5, 0.6) is 0 Å². The Labute approximate surface area is 152 Å². The van der Waals surface area contributed by atoms with Crippen LogP contribution in [0, 0.1) is 0 Å². The summed E-state index contributed by atoms with van der Waals surface area (Å²) in [5.41, 5.74) is 0.260. The Kier molecular flexibility index (Phi) is 6.44. The molecule has 2 rings (SSSR count). The quantitative estimate of drug-likeness (QED) is 0.768. The van der Waals surface area contributed by atoms with Crippen molar-refractivity contribution < 1.29 is 28.3 Å². The Morgan fingerprint density at radius 3 is 2.56 bits per heavy atom. The van der Waals surface area contributed by atoms with E-state index in [2.05, 4.69) is 10.1 Å². The van der Waals surface area contributed by atoms with Crippen LogP contribution in [-0.2, 0) is 20.9 Å². The number of carbonyl (C=O) groups is 3. The van der Waals surface area contributed by atoms with Crippen molar-refractivity contribution in [3.8, 4) is 0 Å². The van der Waals surface area contributed by atoms with E-state index in [4.69, 9.17) is 32.4 Å². The largest absolute Gasteiger partial charge is 0.463 e. The lowest BCUT2D eigenvalue weighted by atomic mass is 10.2. The SMILES string of the molecule is COC(=O)c1ccc(COC(=O)CNC(=O)c2ccc(Cl)c(Cl)c2)o1. The molecule has 2 aromatic rings. The van der Waals surface area contributed by atoms with Crippen LogP contribution < -0.4 is 5.32 Å². The number of amides is 1. The molecule has 1 N–H and O–H groups in total. The van der Waals surface area contributed by atoms with Gasteiger partial charge in [-0.05, 0) is 30.3 Å². The summed E-state index contributed by atoms with van der Waals surface area (Å²) in [7, 11) is 1.22. The first-order valence-electron chi connectivity index (χ1n) is 6.96. The lowest BCUT2D eigenvalue weighted by molar-refractivity contribution is -0.144. The molecule has 25 heavy (non-hydrogen) atoms. The van der Waals surface area contributed by atoms with Gasteiger partial charge >= 0.3 is 11.9 Å². The monoisotopic (exact) mass is 385 g/mol. The molecular formula is C16H13Cl2NO6. The number of rotatable bonds is 6. The number of esters is 2. The van der Waals surface area contributed by atoms with E-state index >= 15 is 0 Å². The van der Waals surface area contributed by atoms with Gasteiger partial charge in [-0.15, -0.1) is 0 Å². The molecule has 1 aromatic heterocycles. The van der Waals surface area contributed by atoms with Gasteiger partial charge in [0.05, 0.1) is 17.2 Å². The van der Waals surface area contributed by atoms with Gasteiger partial charge in [0.1, 0.15) is 18.9 Å². The fourth-order valence-corrected chi connectivity index (χ4v) is 2.06. The second-order valence-electron chi connectivity index (χ2n) is 4.73. The summed E-state index contributed by atoms with van der Waals surface area (Å²) in [6.45, 7) is -0.526. The molecular weight excluding hydrogens is 373 g/mol. The van der Waals surface area contributed by atoms with Crippen molar-refractivity contribution in [2.75, 3.05) is 13.7 Å². The fourth-order valence-electron chi connectivity index (χ4n) is 1.76. The van der Waals surface area contributed by atoms with Crippen molar-refractivity contribution in [2.24, 2.45) is 0 Å². The number of benzene rings is 1. The Balaban J connectivity index is 1.80. The number of halogens is 2. The molecule has 0 radical (unpaired) electrons. The number of furan rings is 1. The molecule has 7 nitrogen and oxygen atoms in total. The Morgan fingerprint density at radius 1 is 1.12 bits per heavy atom. The molecule has 0 bridgehead atoms. The highest BCUT2D eigenvalue weighted by atomic mass is 35.5. The molecule has 9 heteroatoms. The van der Waals surface area contributed by atoms with Gasteiger partial charge in [-0.3, -0.25) is 9.59 Å². The van der Waals surface area contributed by atoms with E-state index in [0.717, 1.165) is 0 Å². The lowest BCUT2D eigenvalue weighted by Gasteiger charge is -2.06. The van der Waals surface area contributed by atoms with Gasteiger partial charge < -0.3 is 19.2 Å². The maximum absolute atomic E-state index is 11.9. The molecule has 0 atom stereocenters. The van der Waals surface area contributed by atoms with Gasteiger partial charge in [0.15, 0.2) is 0 Å². The zero-order chi connectivity index (χ0) is 18.4. The summed E-state index contributed by atoms with van der Waals surface area (Å²) in [6, 6.07) is 7.23. The Morgan fingerprint density at radius 2 is 1.88 bits per heavy atom. The van der Waals surface area contributed by atoms with Gasteiger partial charge in [-0.2, -0.15) is 0 Å². The third kappa shape index (κ3) is 5.23. The summed E-state index contributed by atoms with van der Waals surface area (Å²) < 4.78 is 14.6. The first-order chi connectivity index (χ1) is 11.9. The highest BCUT2D eigenvalue weighted by Crippen LogP contribution is 2.22. The average molecular weight is 386 g/mol. The van der Waals surface area contributed by atoms with Gasteiger partial charge in [0.2, 0.25) is 5.76 Å². The normalized spacial score (nSPS) is 10.2. The number of hydrogen-bond donors (Lipinski definition) is 1. The van der Waals surface area contributed by atoms with Crippen LogP contribution >= 0.6 is 23.2 Å². The van der Waals surface area contributed by atoms with E-state index in [0.29, 0.717) is 5.02 Å². The van der Waals surface area contributed by atoms with Crippen LogP contribution in [0.2, 0.25) is 10.0 Å². The first-order valence-corrected chi connectivity index (χ1v) is 7.72. The summed E-state index contributed by atoms with van der Waals surface area (Å²) in [4.78, 5) is 34.8. The molecule has 0 aliphatic rings. The predicted octanol–water partition coefficient (Wildman–Crippen LogP) is 2.85. The topological polar surface area (TPSA) is 94.8 Å². The molecule has 132 valence electrons. The standard InChI is InChI=1S/C16H13Cl2NO6/c1-23-16(22)13-5-3-10(25-13)8-24-14(20)7-19-15(21)9-2-4-11(17)12(18)6-9/h2-6H,7-8H2,1H3,(H,19,21). The smallest absolute Gasteiger partial charge is 0.373 e. The van der Waals surface area contributed by atoms with E-state index in [1.54, 1.807) is 0 Å². The summed E-state index contributed by atoms with van der Waals surface area (Å²) in [5.74, 6) is -1.54. The number of hydrogen-bond acceptors (Lipinski definition) is 6. The highest BCUT2D eigenvalue weighted by Gasteiger charge is 2.14. The van der Waals surface area contributed by atoms with Gasteiger partial charge in [0.25, 0.3) is 5.91 Å². The van der Waals surface area contributed by atoms with Gasteiger partial charge in [-0.25, -0.2) is 4.79 Å². The fraction of sp³-hybridized carbons (Fsp3) is 0.188. The summed E-state index contributed by atoms with van der Waals surface area (Å²) in [6.07, 6.45) is 0. The maximum Gasteiger partial charge on any atom is 0.373 e. The minimum absolute atomic E-state index is 0.00136. The zero-order valence-corrected chi connectivity index (χ0v) is 14.5. The molecule has 1 heterocycles. The summed E-state index contributed by atoms with van der Waals surface area (Å²) >= 11 is 11.6. The van der Waals surface area contributed by atoms with Crippen LogP contribution in [0.15, 0.2) is 34.7 Å². The molecule has 1 aromatic carbocycles. The Bertz CT molecular complexity index is 802. The van der Waals surface area contributed by atoms with Crippen molar-refractivity contribution in [2.45, 2.75) is 6.61 Å². The number of methoxy groups -OCH3 is 1. The minimum Gasteiger partial charge on any atom is -0.463 e. The molecule has 0 saturated carbocycles. The van der Waals surface area contributed by atoms with E-state index in [-0.39, 0.29) is 35.3 Å². The molecule has 0 fully saturated rings. The highest BCUT2D eigenvalue weighted by molar-refractivity contribution is 6.42. The van der Waals surface area contributed by atoms with E-state index in [1.807, 2.05) is 0 Å². The van der Waals surface area contributed by atoms with E-state index in [9.17, 15) is 14.4 Å². The molecule has 1 amide bonds. The lowest BCUT2D eigenvalue weighted by Crippen LogP contribution is -2.30. The van der Waals surface area contributed by atoms with E-state index in [1.165, 1.54) is 37.4 Å².